The molecule has 0 saturated heterocycles. The minimum Gasteiger partial charge on any atom is -0.385 e. The topological polar surface area (TPSA) is 84.5 Å². The number of carbonyl (C=O) groups excluding carboxylic acids is 1. The molecule has 0 radical (unpaired) electrons. The third-order valence-corrected chi connectivity index (χ3v) is 5.37. The molecule has 0 fully saturated rings. The summed E-state index contributed by atoms with van der Waals surface area (Å²) < 4.78 is 31.8. The van der Waals surface area contributed by atoms with E-state index in [1.165, 1.54) is 24.3 Å². The largest absolute Gasteiger partial charge is 0.385 e. The molecule has 140 valence electrons. The Morgan fingerprint density at radius 2 is 1.73 bits per heavy atom. The van der Waals surface area contributed by atoms with Crippen molar-refractivity contribution in [3.63, 3.8) is 0 Å². The number of ether oxygens (including phenoxy) is 1. The molecule has 1 atom stereocenters. The van der Waals surface area contributed by atoms with E-state index in [2.05, 4.69) is 10.0 Å². The lowest BCUT2D eigenvalue weighted by Crippen LogP contribution is -2.27. The molecular formula is C19H24N2O4S. The summed E-state index contributed by atoms with van der Waals surface area (Å²) in [5.74, 6) is -0.252. The summed E-state index contributed by atoms with van der Waals surface area (Å²) in [4.78, 5) is 12.5. The number of rotatable bonds is 9. The molecule has 1 amide bonds. The number of methoxy groups -OCH3 is 1. The lowest BCUT2D eigenvalue weighted by atomic mass is 10.1. The normalized spacial score (nSPS) is 12.5. The predicted molar refractivity (Wildman–Crippen MR) is 100 cm³/mol. The van der Waals surface area contributed by atoms with Crippen molar-refractivity contribution in [1.29, 1.82) is 0 Å². The molecule has 26 heavy (non-hydrogen) atoms. The Kier molecular flexibility index (Phi) is 7.32. The van der Waals surface area contributed by atoms with Gasteiger partial charge in [-0.1, -0.05) is 30.3 Å². The molecule has 6 nitrogen and oxygen atoms in total. The van der Waals surface area contributed by atoms with Crippen LogP contribution < -0.4 is 10.0 Å². The highest BCUT2D eigenvalue weighted by Crippen LogP contribution is 2.14. The van der Waals surface area contributed by atoms with Crippen LogP contribution in [-0.4, -0.2) is 34.6 Å². The second-order valence-electron chi connectivity index (χ2n) is 5.87. The van der Waals surface area contributed by atoms with E-state index in [9.17, 15) is 13.2 Å². The number of amides is 1. The van der Waals surface area contributed by atoms with Gasteiger partial charge >= 0.3 is 0 Å². The minimum atomic E-state index is -3.59. The Hall–Kier alpha value is -2.22. The third kappa shape index (κ3) is 5.66. The van der Waals surface area contributed by atoms with Gasteiger partial charge in [-0.2, -0.15) is 0 Å². The summed E-state index contributed by atoms with van der Waals surface area (Å²) in [6, 6.07) is 15.4. The number of hydrogen-bond donors (Lipinski definition) is 2. The van der Waals surface area contributed by atoms with Crippen LogP contribution in [0.2, 0.25) is 0 Å². The van der Waals surface area contributed by atoms with Gasteiger partial charge in [-0.25, -0.2) is 13.1 Å². The van der Waals surface area contributed by atoms with Crippen molar-refractivity contribution in [1.82, 2.24) is 10.0 Å². The fourth-order valence-corrected chi connectivity index (χ4v) is 3.47. The average molecular weight is 376 g/mol. The molecule has 2 rings (SSSR count). The van der Waals surface area contributed by atoms with Gasteiger partial charge in [0.2, 0.25) is 10.0 Å². The highest BCUT2D eigenvalue weighted by Gasteiger charge is 2.15. The van der Waals surface area contributed by atoms with Crippen LogP contribution in [0.3, 0.4) is 0 Å². The quantitative estimate of drug-likeness (QED) is 0.659. The van der Waals surface area contributed by atoms with Crippen molar-refractivity contribution < 1.29 is 17.9 Å². The average Bonchev–Trinajstić information content (AvgIpc) is 2.66. The number of hydrogen-bond acceptors (Lipinski definition) is 4. The van der Waals surface area contributed by atoms with Crippen molar-refractivity contribution >= 4 is 15.9 Å². The maximum Gasteiger partial charge on any atom is 0.251 e. The number of nitrogens with one attached hydrogen (secondary N) is 2. The molecule has 0 saturated carbocycles. The van der Waals surface area contributed by atoms with Gasteiger partial charge in [0.25, 0.3) is 5.91 Å². The lowest BCUT2D eigenvalue weighted by molar-refractivity contribution is 0.0940. The van der Waals surface area contributed by atoms with E-state index < -0.39 is 10.0 Å². The van der Waals surface area contributed by atoms with E-state index in [4.69, 9.17) is 4.74 Å². The Balaban J connectivity index is 1.98. The van der Waals surface area contributed by atoms with Crippen LogP contribution in [0.1, 0.15) is 35.3 Å². The first kappa shape index (κ1) is 20.1. The smallest absolute Gasteiger partial charge is 0.251 e. The first-order chi connectivity index (χ1) is 12.4. The maximum atomic E-state index is 12.3. The van der Waals surface area contributed by atoms with Crippen LogP contribution in [0.25, 0.3) is 0 Å². The molecular weight excluding hydrogens is 352 g/mol. The van der Waals surface area contributed by atoms with E-state index in [0.29, 0.717) is 25.1 Å². The SMILES string of the molecule is COCCCNS(=O)(=O)c1ccc(C(=O)NC(C)c2ccccc2)cc1. The zero-order valence-corrected chi connectivity index (χ0v) is 15.8. The molecule has 0 spiro atoms. The van der Waals surface area contributed by atoms with E-state index >= 15 is 0 Å². The van der Waals surface area contributed by atoms with Gasteiger partial charge in [0.15, 0.2) is 0 Å². The lowest BCUT2D eigenvalue weighted by Gasteiger charge is -2.14. The van der Waals surface area contributed by atoms with Gasteiger partial charge in [0.1, 0.15) is 0 Å². The Labute approximate surface area is 154 Å². The van der Waals surface area contributed by atoms with Crippen LogP contribution in [-0.2, 0) is 14.8 Å². The first-order valence-electron chi connectivity index (χ1n) is 8.38. The van der Waals surface area contributed by atoms with Gasteiger partial charge in [0.05, 0.1) is 10.9 Å². The van der Waals surface area contributed by atoms with Crippen LogP contribution in [0, 0.1) is 0 Å². The van der Waals surface area contributed by atoms with E-state index in [1.807, 2.05) is 37.3 Å². The van der Waals surface area contributed by atoms with Gasteiger partial charge in [-0.3, -0.25) is 4.79 Å². The fourth-order valence-electron chi connectivity index (χ4n) is 2.40. The second-order valence-corrected chi connectivity index (χ2v) is 7.64. The molecule has 7 heteroatoms. The predicted octanol–water partition coefficient (Wildman–Crippen LogP) is 2.49. The second kappa shape index (κ2) is 9.47. The molecule has 0 aromatic heterocycles. The summed E-state index contributed by atoms with van der Waals surface area (Å²) in [6.07, 6.45) is 0.591. The molecule has 0 bridgehead atoms. The standard InChI is InChI=1S/C19H24N2O4S/c1-15(16-7-4-3-5-8-16)21-19(22)17-9-11-18(12-10-17)26(23,24)20-13-6-14-25-2/h3-5,7-12,15,20H,6,13-14H2,1-2H3,(H,21,22). The van der Waals surface area contributed by atoms with E-state index in [-0.39, 0.29) is 16.8 Å². The molecule has 0 aliphatic carbocycles. The van der Waals surface area contributed by atoms with Crippen LogP contribution >= 0.6 is 0 Å². The summed E-state index contributed by atoms with van der Waals surface area (Å²) in [7, 11) is -2.02. The van der Waals surface area contributed by atoms with Crippen molar-refractivity contribution in [2.75, 3.05) is 20.3 Å². The fraction of sp³-hybridized carbons (Fsp3) is 0.316. The van der Waals surface area contributed by atoms with E-state index in [0.717, 1.165) is 5.56 Å². The van der Waals surface area contributed by atoms with Gasteiger partial charge in [-0.15, -0.1) is 0 Å². The van der Waals surface area contributed by atoms with Crippen LogP contribution in [0.15, 0.2) is 59.5 Å². The van der Waals surface area contributed by atoms with Crippen molar-refractivity contribution in [2.45, 2.75) is 24.3 Å². The summed E-state index contributed by atoms with van der Waals surface area (Å²) in [6.45, 7) is 2.68. The molecule has 2 aromatic rings. The number of carbonyl (C=O) groups is 1. The Morgan fingerprint density at radius 3 is 2.35 bits per heavy atom. The zero-order valence-electron chi connectivity index (χ0n) is 14.9. The van der Waals surface area contributed by atoms with Gasteiger partial charge in [0, 0.05) is 25.8 Å². The Morgan fingerprint density at radius 1 is 1.08 bits per heavy atom. The van der Waals surface area contributed by atoms with Crippen molar-refractivity contribution in [2.24, 2.45) is 0 Å². The van der Waals surface area contributed by atoms with Gasteiger partial charge < -0.3 is 10.1 Å². The molecule has 0 aliphatic rings. The molecule has 1 unspecified atom stereocenters. The zero-order chi connectivity index (χ0) is 19.0. The maximum absolute atomic E-state index is 12.3. The summed E-state index contributed by atoms with van der Waals surface area (Å²) in [5.41, 5.74) is 1.41. The van der Waals surface area contributed by atoms with Crippen LogP contribution in [0.5, 0.6) is 0 Å². The molecule has 0 aliphatic heterocycles. The first-order valence-corrected chi connectivity index (χ1v) is 9.87. The number of benzene rings is 2. The van der Waals surface area contributed by atoms with E-state index in [1.54, 1.807) is 7.11 Å². The Bertz CT molecular complexity index is 805. The highest BCUT2D eigenvalue weighted by molar-refractivity contribution is 7.89. The number of sulfonamides is 1. The van der Waals surface area contributed by atoms with Crippen LogP contribution in [0.4, 0.5) is 0 Å². The summed E-state index contributed by atoms with van der Waals surface area (Å²) >= 11 is 0. The highest BCUT2D eigenvalue weighted by atomic mass is 32.2. The molecule has 2 aromatic carbocycles. The monoisotopic (exact) mass is 376 g/mol. The minimum absolute atomic E-state index is 0.127. The van der Waals surface area contributed by atoms with Crippen molar-refractivity contribution in [3.05, 3.63) is 65.7 Å². The molecule has 0 heterocycles. The summed E-state index contributed by atoms with van der Waals surface area (Å²) in [5, 5.41) is 2.90. The van der Waals surface area contributed by atoms with Crippen molar-refractivity contribution in [3.8, 4) is 0 Å². The molecule has 2 N–H and O–H groups in total. The third-order valence-electron chi connectivity index (χ3n) is 3.89. The van der Waals surface area contributed by atoms with Gasteiger partial charge in [-0.05, 0) is 43.2 Å².